The van der Waals surface area contributed by atoms with Gasteiger partial charge in [-0.05, 0) is 60.6 Å². The van der Waals surface area contributed by atoms with Crippen molar-refractivity contribution < 1.29 is 0 Å². The first-order valence-electron chi connectivity index (χ1n) is 9.08. The summed E-state index contributed by atoms with van der Waals surface area (Å²) >= 11 is 5.38. The second-order valence-electron chi connectivity index (χ2n) is 6.14. The third-order valence-corrected chi connectivity index (χ3v) is 4.64. The van der Waals surface area contributed by atoms with Crippen LogP contribution in [-0.4, -0.2) is 23.1 Å². The Morgan fingerprint density at radius 1 is 0.840 bits per heavy atom. The molecule has 0 saturated heterocycles. The molecular weight excluding hydrogens is 326 g/mol. The maximum absolute atomic E-state index is 5.38. The molecule has 3 nitrogen and oxygen atoms in total. The zero-order valence-electron chi connectivity index (χ0n) is 15.5. The molecule has 0 aliphatic carbocycles. The lowest BCUT2D eigenvalue weighted by atomic mass is 10.1. The van der Waals surface area contributed by atoms with Gasteiger partial charge in [0.05, 0.1) is 0 Å². The summed E-state index contributed by atoms with van der Waals surface area (Å²) in [4.78, 5) is 2.41. The maximum Gasteiger partial charge on any atom is 0.171 e. The van der Waals surface area contributed by atoms with Gasteiger partial charge in [-0.1, -0.05) is 57.2 Å². The molecule has 0 atom stereocenters. The van der Waals surface area contributed by atoms with Gasteiger partial charge in [-0.15, -0.1) is 0 Å². The molecule has 0 unspecified atom stereocenters. The topological polar surface area (TPSA) is 27.3 Å². The third kappa shape index (κ3) is 6.48. The van der Waals surface area contributed by atoms with Gasteiger partial charge in [0.1, 0.15) is 0 Å². The van der Waals surface area contributed by atoms with Gasteiger partial charge >= 0.3 is 0 Å². The van der Waals surface area contributed by atoms with E-state index in [1.165, 1.54) is 16.7 Å². The van der Waals surface area contributed by atoms with E-state index in [4.69, 9.17) is 12.2 Å². The van der Waals surface area contributed by atoms with Crippen LogP contribution in [0.2, 0.25) is 0 Å². The number of nitrogens with zero attached hydrogens (tertiary/aromatic N) is 1. The van der Waals surface area contributed by atoms with Crippen molar-refractivity contribution in [2.75, 3.05) is 18.4 Å². The van der Waals surface area contributed by atoms with E-state index < -0.39 is 0 Å². The highest BCUT2D eigenvalue weighted by atomic mass is 32.1. The van der Waals surface area contributed by atoms with Gasteiger partial charge in [0, 0.05) is 18.8 Å². The van der Waals surface area contributed by atoms with Crippen molar-refractivity contribution in [3.63, 3.8) is 0 Å². The molecule has 0 saturated carbocycles. The molecule has 0 radical (unpaired) electrons. The molecule has 0 fully saturated rings. The first-order valence-corrected chi connectivity index (χ1v) is 9.49. The minimum atomic E-state index is 0.650. The first kappa shape index (κ1) is 19.4. The fourth-order valence-electron chi connectivity index (χ4n) is 2.65. The summed E-state index contributed by atoms with van der Waals surface area (Å²) in [5.41, 5.74) is 4.93. The SMILES string of the molecule is CCc1ccc(NC(=S)NCc2ccc(CN(CC)CC)cc2)cc1. The van der Waals surface area contributed by atoms with Crippen molar-refractivity contribution in [1.82, 2.24) is 10.2 Å². The largest absolute Gasteiger partial charge is 0.358 e. The molecule has 0 aliphatic rings. The van der Waals surface area contributed by atoms with Gasteiger partial charge in [-0.3, -0.25) is 4.90 Å². The maximum atomic E-state index is 5.38. The molecule has 25 heavy (non-hydrogen) atoms. The zero-order chi connectivity index (χ0) is 18.1. The van der Waals surface area contributed by atoms with Crippen molar-refractivity contribution in [3.8, 4) is 0 Å². The molecule has 0 spiro atoms. The second kappa shape index (κ2) is 10.2. The van der Waals surface area contributed by atoms with Crippen LogP contribution in [0.25, 0.3) is 0 Å². The highest BCUT2D eigenvalue weighted by Gasteiger charge is 2.02. The van der Waals surface area contributed by atoms with Crippen LogP contribution in [0.5, 0.6) is 0 Å². The van der Waals surface area contributed by atoms with E-state index >= 15 is 0 Å². The zero-order valence-corrected chi connectivity index (χ0v) is 16.3. The van der Waals surface area contributed by atoms with E-state index in [-0.39, 0.29) is 0 Å². The average molecular weight is 356 g/mol. The molecule has 134 valence electrons. The fraction of sp³-hybridized carbons (Fsp3) is 0.381. The molecule has 0 heterocycles. The fourth-order valence-corrected chi connectivity index (χ4v) is 2.84. The lowest BCUT2D eigenvalue weighted by Gasteiger charge is -2.18. The molecule has 0 amide bonds. The van der Waals surface area contributed by atoms with Crippen LogP contribution in [0.1, 0.15) is 37.5 Å². The Bertz CT molecular complexity index is 646. The van der Waals surface area contributed by atoms with Crippen LogP contribution in [-0.2, 0) is 19.5 Å². The summed E-state index contributed by atoms with van der Waals surface area (Å²) in [5.74, 6) is 0. The van der Waals surface area contributed by atoms with Crippen LogP contribution < -0.4 is 10.6 Å². The monoisotopic (exact) mass is 355 g/mol. The number of benzene rings is 2. The molecule has 0 bridgehead atoms. The average Bonchev–Trinajstić information content (AvgIpc) is 2.66. The quantitative estimate of drug-likeness (QED) is 0.678. The minimum Gasteiger partial charge on any atom is -0.358 e. The van der Waals surface area contributed by atoms with E-state index in [1.54, 1.807) is 0 Å². The van der Waals surface area contributed by atoms with Crippen LogP contribution in [0.3, 0.4) is 0 Å². The van der Waals surface area contributed by atoms with Gasteiger partial charge < -0.3 is 10.6 Å². The molecule has 2 rings (SSSR count). The molecule has 2 aromatic rings. The highest BCUT2D eigenvalue weighted by Crippen LogP contribution is 2.10. The standard InChI is InChI=1S/C21H29N3S/c1-4-17-11-13-20(14-12-17)23-21(25)22-15-18-7-9-19(10-8-18)16-24(5-2)6-3/h7-14H,4-6,15-16H2,1-3H3,(H2,22,23,25). The third-order valence-electron chi connectivity index (χ3n) is 4.40. The predicted molar refractivity (Wildman–Crippen MR) is 112 cm³/mol. The molecule has 4 heteroatoms. The lowest BCUT2D eigenvalue weighted by Crippen LogP contribution is -2.27. The second-order valence-corrected chi connectivity index (χ2v) is 6.54. The van der Waals surface area contributed by atoms with Crippen molar-refractivity contribution in [1.29, 1.82) is 0 Å². The normalized spacial score (nSPS) is 10.7. The van der Waals surface area contributed by atoms with Crippen LogP contribution in [0.15, 0.2) is 48.5 Å². The number of anilines is 1. The minimum absolute atomic E-state index is 0.650. The van der Waals surface area contributed by atoms with E-state index in [1.807, 2.05) is 0 Å². The number of aryl methyl sites for hydroxylation is 1. The molecular formula is C21H29N3S. The Kier molecular flexibility index (Phi) is 7.89. The Balaban J connectivity index is 1.80. The highest BCUT2D eigenvalue weighted by molar-refractivity contribution is 7.80. The van der Waals surface area contributed by atoms with Gasteiger partial charge in [-0.25, -0.2) is 0 Å². The smallest absolute Gasteiger partial charge is 0.171 e. The Morgan fingerprint density at radius 3 is 1.96 bits per heavy atom. The molecule has 0 aromatic heterocycles. The van der Waals surface area contributed by atoms with Crippen molar-refractivity contribution in [3.05, 3.63) is 65.2 Å². The van der Waals surface area contributed by atoms with Crippen LogP contribution >= 0.6 is 12.2 Å². The van der Waals surface area contributed by atoms with Gasteiger partial charge in [0.2, 0.25) is 0 Å². The van der Waals surface area contributed by atoms with Crippen molar-refractivity contribution >= 4 is 23.0 Å². The van der Waals surface area contributed by atoms with E-state index in [9.17, 15) is 0 Å². The van der Waals surface area contributed by atoms with Gasteiger partial charge in [-0.2, -0.15) is 0 Å². The summed E-state index contributed by atoms with van der Waals surface area (Å²) in [5, 5.41) is 7.15. The summed E-state index contributed by atoms with van der Waals surface area (Å²) < 4.78 is 0. The Morgan fingerprint density at radius 2 is 1.40 bits per heavy atom. The molecule has 0 aliphatic heterocycles. The van der Waals surface area contributed by atoms with E-state index in [0.29, 0.717) is 5.11 Å². The van der Waals surface area contributed by atoms with E-state index in [0.717, 1.165) is 38.3 Å². The summed E-state index contributed by atoms with van der Waals surface area (Å²) in [6.45, 7) is 10.5. The van der Waals surface area contributed by atoms with Crippen molar-refractivity contribution in [2.24, 2.45) is 0 Å². The van der Waals surface area contributed by atoms with Crippen LogP contribution in [0, 0.1) is 0 Å². The molecule has 2 N–H and O–H groups in total. The van der Waals surface area contributed by atoms with Crippen LogP contribution in [0.4, 0.5) is 5.69 Å². The number of hydrogen-bond donors (Lipinski definition) is 2. The molecule has 2 aromatic carbocycles. The number of rotatable bonds is 8. The number of nitrogens with one attached hydrogen (secondary N) is 2. The summed E-state index contributed by atoms with van der Waals surface area (Å²) in [6, 6.07) is 17.1. The van der Waals surface area contributed by atoms with Gasteiger partial charge in [0.15, 0.2) is 5.11 Å². The Labute approximate surface area is 157 Å². The first-order chi connectivity index (χ1) is 12.1. The summed E-state index contributed by atoms with van der Waals surface area (Å²) in [6.07, 6.45) is 1.05. The summed E-state index contributed by atoms with van der Waals surface area (Å²) in [7, 11) is 0. The number of thiocarbonyl (C=S) groups is 1. The Hall–Kier alpha value is -1.91. The van der Waals surface area contributed by atoms with Crippen molar-refractivity contribution in [2.45, 2.75) is 40.3 Å². The number of hydrogen-bond acceptors (Lipinski definition) is 2. The predicted octanol–water partition coefficient (Wildman–Crippen LogP) is 4.58. The van der Waals surface area contributed by atoms with Gasteiger partial charge in [0.25, 0.3) is 0 Å². The lowest BCUT2D eigenvalue weighted by molar-refractivity contribution is 0.296. The van der Waals surface area contributed by atoms with E-state index in [2.05, 4.69) is 84.8 Å².